The van der Waals surface area contributed by atoms with Crippen LogP contribution in [-0.4, -0.2) is 0 Å². The molecule has 0 atom stereocenters. The lowest BCUT2D eigenvalue weighted by Gasteiger charge is -2.20. The fourth-order valence-electron chi connectivity index (χ4n) is 3.22. The van der Waals surface area contributed by atoms with Crippen molar-refractivity contribution in [3.8, 4) is 11.1 Å². The first-order chi connectivity index (χ1) is 11.4. The summed E-state index contributed by atoms with van der Waals surface area (Å²) in [5, 5.41) is 2.27. The number of furan rings is 1. The van der Waals surface area contributed by atoms with Crippen LogP contribution < -0.4 is 5.73 Å². The summed E-state index contributed by atoms with van der Waals surface area (Å²) in [6, 6.07) is 20.7. The van der Waals surface area contributed by atoms with Crippen LogP contribution in [0.15, 0.2) is 65.1 Å². The van der Waals surface area contributed by atoms with Crippen LogP contribution in [0.2, 0.25) is 0 Å². The van der Waals surface area contributed by atoms with Gasteiger partial charge in [-0.1, -0.05) is 63.2 Å². The van der Waals surface area contributed by atoms with Gasteiger partial charge in [0.15, 0.2) is 0 Å². The predicted molar refractivity (Wildman–Crippen MR) is 102 cm³/mol. The highest BCUT2D eigenvalue weighted by molar-refractivity contribution is 6.10. The molecule has 24 heavy (non-hydrogen) atoms. The number of nitrogens with two attached hydrogens (primary N) is 1. The number of rotatable bonds is 1. The lowest BCUT2D eigenvalue weighted by atomic mass is 9.85. The molecule has 1 aromatic heterocycles. The van der Waals surface area contributed by atoms with Crippen LogP contribution in [-0.2, 0) is 5.41 Å². The number of para-hydroxylation sites is 2. The molecule has 3 aromatic carbocycles. The van der Waals surface area contributed by atoms with Gasteiger partial charge in [0.05, 0.1) is 0 Å². The molecule has 0 saturated heterocycles. The van der Waals surface area contributed by atoms with Gasteiger partial charge in [0, 0.05) is 27.6 Å². The zero-order valence-electron chi connectivity index (χ0n) is 14.3. The summed E-state index contributed by atoms with van der Waals surface area (Å²) < 4.78 is 6.16. The van der Waals surface area contributed by atoms with Crippen LogP contribution in [0.25, 0.3) is 33.1 Å². The molecule has 0 unspecified atom stereocenters. The predicted octanol–water partition coefficient (Wildman–Crippen LogP) is 6.13. The Morgan fingerprint density at radius 1 is 0.792 bits per heavy atom. The van der Waals surface area contributed by atoms with Crippen molar-refractivity contribution in [1.82, 2.24) is 0 Å². The normalized spacial score (nSPS) is 12.1. The summed E-state index contributed by atoms with van der Waals surface area (Å²) in [6.07, 6.45) is 0. The van der Waals surface area contributed by atoms with Gasteiger partial charge in [0.2, 0.25) is 0 Å². The number of hydrogen-bond acceptors (Lipinski definition) is 2. The lowest BCUT2D eigenvalue weighted by molar-refractivity contribution is 0.590. The summed E-state index contributed by atoms with van der Waals surface area (Å²) >= 11 is 0. The SMILES string of the molecule is CC(C)(C)c1ccc(N)c(-c2cccc3c2oc2ccccc23)c1. The molecule has 0 aliphatic rings. The Balaban J connectivity index is 2.04. The van der Waals surface area contributed by atoms with Crippen LogP contribution >= 0.6 is 0 Å². The van der Waals surface area contributed by atoms with Crippen molar-refractivity contribution in [3.05, 3.63) is 66.2 Å². The largest absolute Gasteiger partial charge is 0.455 e. The van der Waals surface area contributed by atoms with E-state index < -0.39 is 0 Å². The van der Waals surface area contributed by atoms with E-state index in [2.05, 4.69) is 57.2 Å². The molecule has 2 heteroatoms. The van der Waals surface area contributed by atoms with E-state index in [1.165, 1.54) is 5.56 Å². The molecule has 4 rings (SSSR count). The quantitative estimate of drug-likeness (QED) is 0.429. The van der Waals surface area contributed by atoms with Gasteiger partial charge in [0.25, 0.3) is 0 Å². The highest BCUT2D eigenvalue weighted by Gasteiger charge is 2.18. The van der Waals surface area contributed by atoms with Gasteiger partial charge in [-0.3, -0.25) is 0 Å². The van der Waals surface area contributed by atoms with Crippen molar-refractivity contribution in [3.63, 3.8) is 0 Å². The minimum Gasteiger partial charge on any atom is -0.455 e. The van der Waals surface area contributed by atoms with Gasteiger partial charge in [-0.05, 0) is 29.2 Å². The molecule has 0 radical (unpaired) electrons. The number of anilines is 1. The molecular formula is C22H21NO. The smallest absolute Gasteiger partial charge is 0.143 e. The number of benzene rings is 3. The number of hydrogen-bond donors (Lipinski definition) is 1. The number of fused-ring (bicyclic) bond motifs is 3. The van der Waals surface area contributed by atoms with E-state index in [0.29, 0.717) is 0 Å². The van der Waals surface area contributed by atoms with Gasteiger partial charge in [-0.15, -0.1) is 0 Å². The van der Waals surface area contributed by atoms with E-state index in [-0.39, 0.29) is 5.41 Å². The summed E-state index contributed by atoms with van der Waals surface area (Å²) in [7, 11) is 0. The number of nitrogen functional groups attached to an aromatic ring is 1. The van der Waals surface area contributed by atoms with E-state index in [9.17, 15) is 0 Å². The molecule has 0 aliphatic carbocycles. The maximum absolute atomic E-state index is 6.31. The zero-order chi connectivity index (χ0) is 16.9. The topological polar surface area (TPSA) is 39.2 Å². The molecule has 120 valence electrons. The standard InChI is InChI=1S/C22H21NO/c1-22(2,3)14-11-12-19(23)18(13-14)17-9-6-8-16-15-7-4-5-10-20(15)24-21(16)17/h4-13H,23H2,1-3H3. The van der Waals surface area contributed by atoms with Crippen molar-refractivity contribution in [2.45, 2.75) is 26.2 Å². The first-order valence-electron chi connectivity index (χ1n) is 8.26. The highest BCUT2D eigenvalue weighted by Crippen LogP contribution is 2.39. The Morgan fingerprint density at radius 2 is 1.54 bits per heavy atom. The summed E-state index contributed by atoms with van der Waals surface area (Å²) in [4.78, 5) is 0. The van der Waals surface area contributed by atoms with E-state index in [0.717, 1.165) is 38.8 Å². The Kier molecular flexibility index (Phi) is 3.17. The van der Waals surface area contributed by atoms with Crippen molar-refractivity contribution in [2.75, 3.05) is 5.73 Å². The molecule has 0 spiro atoms. The molecule has 2 nitrogen and oxygen atoms in total. The third kappa shape index (κ3) is 2.26. The van der Waals surface area contributed by atoms with E-state index in [1.807, 2.05) is 24.3 Å². The molecule has 0 bridgehead atoms. The highest BCUT2D eigenvalue weighted by atomic mass is 16.3. The van der Waals surface area contributed by atoms with Crippen LogP contribution in [0.3, 0.4) is 0 Å². The van der Waals surface area contributed by atoms with E-state index in [4.69, 9.17) is 10.2 Å². The van der Waals surface area contributed by atoms with Crippen LogP contribution in [0.1, 0.15) is 26.3 Å². The minimum atomic E-state index is 0.0736. The monoisotopic (exact) mass is 315 g/mol. The molecule has 0 amide bonds. The van der Waals surface area contributed by atoms with E-state index >= 15 is 0 Å². The lowest BCUT2D eigenvalue weighted by Crippen LogP contribution is -2.11. The van der Waals surface area contributed by atoms with Gasteiger partial charge < -0.3 is 10.2 Å². The average molecular weight is 315 g/mol. The zero-order valence-corrected chi connectivity index (χ0v) is 14.3. The van der Waals surface area contributed by atoms with Crippen molar-refractivity contribution in [2.24, 2.45) is 0 Å². The maximum atomic E-state index is 6.31. The summed E-state index contributed by atoms with van der Waals surface area (Å²) in [5.74, 6) is 0. The second-order valence-electron chi connectivity index (χ2n) is 7.33. The minimum absolute atomic E-state index is 0.0736. The van der Waals surface area contributed by atoms with Gasteiger partial charge in [-0.25, -0.2) is 0 Å². The summed E-state index contributed by atoms with van der Waals surface area (Å²) in [5.41, 5.74) is 12.3. The first kappa shape index (κ1) is 14.8. The van der Waals surface area contributed by atoms with Gasteiger partial charge >= 0.3 is 0 Å². The molecule has 4 aromatic rings. The van der Waals surface area contributed by atoms with Crippen LogP contribution in [0, 0.1) is 0 Å². The fraction of sp³-hybridized carbons (Fsp3) is 0.182. The molecule has 0 saturated carbocycles. The summed E-state index contributed by atoms with van der Waals surface area (Å²) in [6.45, 7) is 6.64. The first-order valence-corrected chi connectivity index (χ1v) is 8.26. The van der Waals surface area contributed by atoms with Crippen molar-refractivity contribution < 1.29 is 4.42 Å². The third-order valence-electron chi connectivity index (χ3n) is 4.61. The third-order valence-corrected chi connectivity index (χ3v) is 4.61. The maximum Gasteiger partial charge on any atom is 0.143 e. The van der Waals surface area contributed by atoms with Gasteiger partial charge in [0.1, 0.15) is 11.2 Å². The molecule has 2 N–H and O–H groups in total. The molecular weight excluding hydrogens is 294 g/mol. The van der Waals surface area contributed by atoms with Crippen molar-refractivity contribution in [1.29, 1.82) is 0 Å². The second-order valence-corrected chi connectivity index (χ2v) is 7.33. The average Bonchev–Trinajstić information content (AvgIpc) is 2.93. The van der Waals surface area contributed by atoms with E-state index in [1.54, 1.807) is 0 Å². The van der Waals surface area contributed by atoms with Crippen LogP contribution in [0.4, 0.5) is 5.69 Å². The fourth-order valence-corrected chi connectivity index (χ4v) is 3.22. The molecule has 0 aliphatic heterocycles. The molecule has 1 heterocycles. The Hall–Kier alpha value is -2.74. The Morgan fingerprint density at radius 3 is 2.33 bits per heavy atom. The van der Waals surface area contributed by atoms with Gasteiger partial charge in [-0.2, -0.15) is 0 Å². The molecule has 0 fully saturated rings. The Labute approximate surface area is 141 Å². The van der Waals surface area contributed by atoms with Crippen LogP contribution in [0.5, 0.6) is 0 Å². The Bertz CT molecular complexity index is 1050. The second kappa shape index (κ2) is 5.13. The van der Waals surface area contributed by atoms with Crippen molar-refractivity contribution >= 4 is 27.6 Å².